The molecule has 4 aromatic rings. The molecule has 0 amide bonds. The summed E-state index contributed by atoms with van der Waals surface area (Å²) in [7, 11) is 3.08. The fourth-order valence-electron chi connectivity index (χ4n) is 3.62. The van der Waals surface area contributed by atoms with Crippen LogP contribution in [0, 0.1) is 0 Å². The second-order valence-corrected chi connectivity index (χ2v) is 7.37. The van der Waals surface area contributed by atoms with Crippen molar-refractivity contribution in [2.45, 2.75) is 13.0 Å². The van der Waals surface area contributed by atoms with Gasteiger partial charge in [0.25, 0.3) is 0 Å². The minimum atomic E-state index is -0.948. The molecule has 1 unspecified atom stereocenters. The van der Waals surface area contributed by atoms with Gasteiger partial charge in [-0.2, -0.15) is 0 Å². The minimum Gasteiger partial charge on any atom is -0.493 e. The van der Waals surface area contributed by atoms with Crippen molar-refractivity contribution >= 4 is 16.9 Å². The topological polar surface area (TPSA) is 84.2 Å². The maximum Gasteiger partial charge on any atom is 0.352 e. The molecule has 7 heteroatoms. The van der Waals surface area contributed by atoms with E-state index >= 15 is 0 Å². The number of carbonyl (C=O) groups excluding carboxylic acids is 1. The Bertz CT molecular complexity index is 1360. The number of carbonyl (C=O) groups is 1. The number of hydrogen-bond acceptors (Lipinski definition) is 7. The molecule has 0 fully saturated rings. The van der Waals surface area contributed by atoms with Gasteiger partial charge in [0.15, 0.2) is 16.9 Å². The van der Waals surface area contributed by atoms with E-state index in [1.54, 1.807) is 62.6 Å². The lowest BCUT2D eigenvalue weighted by Crippen LogP contribution is -2.21. The first-order valence-corrected chi connectivity index (χ1v) is 10.7. The zero-order chi connectivity index (χ0) is 24.1. The number of ether oxygens (including phenoxy) is 4. The Morgan fingerprint density at radius 2 is 1.71 bits per heavy atom. The van der Waals surface area contributed by atoms with E-state index in [0.717, 1.165) is 0 Å². The van der Waals surface area contributed by atoms with Crippen molar-refractivity contribution in [1.82, 2.24) is 0 Å². The van der Waals surface area contributed by atoms with Crippen molar-refractivity contribution in [3.63, 3.8) is 0 Å². The van der Waals surface area contributed by atoms with Crippen molar-refractivity contribution in [2.75, 3.05) is 20.8 Å². The van der Waals surface area contributed by atoms with E-state index < -0.39 is 12.1 Å². The molecule has 7 nitrogen and oxygen atoms in total. The summed E-state index contributed by atoms with van der Waals surface area (Å²) >= 11 is 0. The Morgan fingerprint density at radius 3 is 2.41 bits per heavy atom. The van der Waals surface area contributed by atoms with E-state index in [1.807, 2.05) is 18.2 Å². The van der Waals surface area contributed by atoms with Gasteiger partial charge >= 0.3 is 5.97 Å². The molecular formula is C27H24O7. The lowest BCUT2D eigenvalue weighted by molar-refractivity contribution is -0.151. The Balaban J connectivity index is 1.69. The van der Waals surface area contributed by atoms with Crippen LogP contribution in [-0.2, 0) is 9.53 Å². The molecule has 1 aromatic heterocycles. The lowest BCUT2D eigenvalue weighted by atomic mass is 10.0. The molecule has 1 atom stereocenters. The molecule has 3 aromatic carbocycles. The first-order chi connectivity index (χ1) is 16.5. The van der Waals surface area contributed by atoms with Crippen LogP contribution in [0.1, 0.15) is 18.6 Å². The maximum absolute atomic E-state index is 13.2. The van der Waals surface area contributed by atoms with Crippen molar-refractivity contribution < 1.29 is 28.2 Å². The number of esters is 1. The van der Waals surface area contributed by atoms with Crippen molar-refractivity contribution in [3.05, 3.63) is 88.8 Å². The van der Waals surface area contributed by atoms with E-state index in [1.165, 1.54) is 13.4 Å². The quantitative estimate of drug-likeness (QED) is 0.336. The van der Waals surface area contributed by atoms with E-state index in [0.29, 0.717) is 44.9 Å². The van der Waals surface area contributed by atoms with Crippen LogP contribution in [0.3, 0.4) is 0 Å². The fraction of sp³-hybridized carbons (Fsp3) is 0.185. The normalized spacial score (nSPS) is 11.6. The van der Waals surface area contributed by atoms with Crippen LogP contribution in [-0.4, -0.2) is 26.8 Å². The molecule has 0 bridgehead atoms. The van der Waals surface area contributed by atoms with E-state index in [-0.39, 0.29) is 12.0 Å². The summed E-state index contributed by atoms with van der Waals surface area (Å²) in [6.07, 6.45) is 0.451. The van der Waals surface area contributed by atoms with Gasteiger partial charge in [-0.3, -0.25) is 4.79 Å². The highest BCUT2D eigenvalue weighted by atomic mass is 16.6. The molecule has 1 heterocycles. The van der Waals surface area contributed by atoms with Gasteiger partial charge in [0.05, 0.1) is 31.8 Å². The van der Waals surface area contributed by atoms with Crippen LogP contribution in [0.15, 0.2) is 82.2 Å². The first kappa shape index (κ1) is 22.9. The summed E-state index contributed by atoms with van der Waals surface area (Å²) in [5, 5.41) is 0.382. The number of benzene rings is 3. The Labute approximate surface area is 196 Å². The molecule has 0 spiro atoms. The van der Waals surface area contributed by atoms with Crippen LogP contribution in [0.5, 0.6) is 17.2 Å². The molecule has 0 saturated heterocycles. The molecule has 34 heavy (non-hydrogen) atoms. The maximum atomic E-state index is 13.2. The van der Waals surface area contributed by atoms with Gasteiger partial charge in [0.1, 0.15) is 17.6 Å². The molecular weight excluding hydrogens is 436 g/mol. The smallest absolute Gasteiger partial charge is 0.352 e. The predicted octanol–water partition coefficient (Wildman–Crippen LogP) is 5.16. The van der Waals surface area contributed by atoms with Gasteiger partial charge in [-0.15, -0.1) is 0 Å². The van der Waals surface area contributed by atoms with Gasteiger partial charge < -0.3 is 23.4 Å². The molecule has 0 aliphatic heterocycles. The summed E-state index contributed by atoms with van der Waals surface area (Å²) < 4.78 is 27.5. The summed E-state index contributed by atoms with van der Waals surface area (Å²) in [5.41, 5.74) is 1.81. The third-order valence-corrected chi connectivity index (χ3v) is 5.30. The first-order valence-electron chi connectivity index (χ1n) is 10.7. The second-order valence-electron chi connectivity index (χ2n) is 7.37. The number of rotatable bonds is 8. The summed E-state index contributed by atoms with van der Waals surface area (Å²) in [6.45, 7) is 1.97. The molecule has 0 aliphatic carbocycles. The van der Waals surface area contributed by atoms with Gasteiger partial charge in [-0.25, -0.2) is 4.79 Å². The van der Waals surface area contributed by atoms with Crippen LogP contribution in [0.4, 0.5) is 0 Å². The summed E-state index contributed by atoms with van der Waals surface area (Å²) in [5.74, 6) is 0.942. The lowest BCUT2D eigenvalue weighted by Gasteiger charge is -2.18. The predicted molar refractivity (Wildman–Crippen MR) is 127 cm³/mol. The van der Waals surface area contributed by atoms with E-state index in [9.17, 15) is 9.59 Å². The monoisotopic (exact) mass is 460 g/mol. The van der Waals surface area contributed by atoms with Crippen LogP contribution in [0.2, 0.25) is 0 Å². The van der Waals surface area contributed by atoms with Gasteiger partial charge in [-0.05, 0) is 36.8 Å². The molecule has 0 saturated carbocycles. The summed E-state index contributed by atoms with van der Waals surface area (Å²) in [4.78, 5) is 25.7. The molecule has 174 valence electrons. The van der Waals surface area contributed by atoms with Crippen LogP contribution < -0.4 is 19.6 Å². The third-order valence-electron chi connectivity index (χ3n) is 5.30. The highest BCUT2D eigenvalue weighted by molar-refractivity contribution is 5.83. The average molecular weight is 460 g/mol. The highest BCUT2D eigenvalue weighted by Crippen LogP contribution is 2.32. The van der Waals surface area contributed by atoms with Crippen LogP contribution >= 0.6 is 0 Å². The van der Waals surface area contributed by atoms with Crippen molar-refractivity contribution in [1.29, 1.82) is 0 Å². The van der Waals surface area contributed by atoms with E-state index in [2.05, 4.69) is 0 Å². The van der Waals surface area contributed by atoms with Crippen molar-refractivity contribution in [2.24, 2.45) is 0 Å². The number of methoxy groups -OCH3 is 2. The number of fused-ring (bicyclic) bond motifs is 1. The number of hydrogen-bond donors (Lipinski definition) is 0. The van der Waals surface area contributed by atoms with Gasteiger partial charge in [-0.1, -0.05) is 36.4 Å². The Hall–Kier alpha value is -4.26. The summed E-state index contributed by atoms with van der Waals surface area (Å²) in [6, 6.07) is 19.1. The average Bonchev–Trinajstić information content (AvgIpc) is 2.87. The van der Waals surface area contributed by atoms with Crippen molar-refractivity contribution in [3.8, 4) is 28.4 Å². The third kappa shape index (κ3) is 4.59. The Morgan fingerprint density at radius 1 is 0.941 bits per heavy atom. The standard InChI is InChI=1S/C27H24O7/c1-4-32-27(29)26(17-8-6-5-7-9-17)34-19-11-12-20-23(15-19)33-16-21(25(20)28)18-10-13-22(30-2)24(14-18)31-3/h5-16,26H,4H2,1-3H3. The second kappa shape index (κ2) is 10.1. The fourth-order valence-corrected chi connectivity index (χ4v) is 3.62. The zero-order valence-corrected chi connectivity index (χ0v) is 19.1. The largest absolute Gasteiger partial charge is 0.493 e. The molecule has 0 radical (unpaired) electrons. The molecule has 0 aliphatic rings. The van der Waals surface area contributed by atoms with Gasteiger partial charge in [0, 0.05) is 11.6 Å². The van der Waals surface area contributed by atoms with Crippen LogP contribution in [0.25, 0.3) is 22.1 Å². The zero-order valence-electron chi connectivity index (χ0n) is 19.1. The highest BCUT2D eigenvalue weighted by Gasteiger charge is 2.24. The SMILES string of the molecule is CCOC(=O)C(Oc1ccc2c(=O)c(-c3ccc(OC)c(OC)c3)coc2c1)c1ccccc1. The Kier molecular flexibility index (Phi) is 6.82. The van der Waals surface area contributed by atoms with E-state index in [4.69, 9.17) is 23.4 Å². The molecule has 0 N–H and O–H groups in total. The van der Waals surface area contributed by atoms with Gasteiger partial charge in [0.2, 0.25) is 6.10 Å². The molecule has 4 rings (SSSR count). The minimum absolute atomic E-state index is 0.204.